The molecule has 2 atom stereocenters. The van der Waals surface area contributed by atoms with Crippen LogP contribution in [0.2, 0.25) is 0 Å². The van der Waals surface area contributed by atoms with Gasteiger partial charge in [0.25, 0.3) is 0 Å². The molecule has 2 unspecified atom stereocenters. The number of methoxy groups -OCH3 is 1. The third-order valence-corrected chi connectivity index (χ3v) is 6.91. The Labute approximate surface area is 224 Å². The molecule has 0 aliphatic heterocycles. The monoisotopic (exact) mass is 547 g/mol. The van der Waals surface area contributed by atoms with Crippen molar-refractivity contribution in [2.45, 2.75) is 20.1 Å². The number of carbonyl (C=O) groups excluding carboxylic acids is 1. The molecule has 1 amide bonds. The summed E-state index contributed by atoms with van der Waals surface area (Å²) in [5.74, 6) is 0.157. The van der Waals surface area contributed by atoms with Gasteiger partial charge in [-0.2, -0.15) is 5.26 Å². The number of nitrogens with zero attached hydrogens (tertiary/aromatic N) is 4. The van der Waals surface area contributed by atoms with Gasteiger partial charge in [-0.15, -0.1) is 0 Å². The van der Waals surface area contributed by atoms with E-state index in [2.05, 4.69) is 21.9 Å². The lowest BCUT2D eigenvalue weighted by Gasteiger charge is -2.18. The van der Waals surface area contributed by atoms with Gasteiger partial charge in [0.2, 0.25) is 5.91 Å². The average molecular weight is 548 g/mol. The van der Waals surface area contributed by atoms with Crippen LogP contribution < -0.4 is 10.1 Å². The minimum atomic E-state index is -4.31. The molecule has 39 heavy (non-hydrogen) atoms. The fraction of sp³-hybridized carbons (Fsp3) is 0.185. The van der Waals surface area contributed by atoms with E-state index < -0.39 is 14.1 Å². The topological polar surface area (TPSA) is 149 Å². The highest BCUT2D eigenvalue weighted by Gasteiger charge is 2.26. The molecule has 1 aromatic carbocycles. The number of rotatable bonds is 10. The normalized spacial score (nSPS) is 13.3. The van der Waals surface area contributed by atoms with E-state index in [0.717, 1.165) is 5.56 Å². The van der Waals surface area contributed by atoms with Crippen molar-refractivity contribution in [3.05, 3.63) is 73.3 Å². The standard InChI is InChI=1S/C27H26N5O6P/c1-5-26(33)31-21-10-19(11-23(13-21)36-4)20-12-24-25(18-7-8-29-22(9-18)14-28)16-32(27(24)30-15-20)17(3)38-39(34,35)37-6-2/h5,7-13,15-17H,1,6H2,2-4H3,(H,31,33)(H,34,35). The number of phosphoric acid groups is 1. The zero-order valence-electron chi connectivity index (χ0n) is 21.5. The SMILES string of the molecule is C=CC(=O)Nc1cc(OC)cc(-c2cnc3c(c2)c(-c2ccnc(C#N)c2)cn3C(C)OP(=O)(O)OCC)c1. The summed E-state index contributed by atoms with van der Waals surface area (Å²) < 4.78 is 29.6. The van der Waals surface area contributed by atoms with Gasteiger partial charge in [0.15, 0.2) is 0 Å². The second-order valence-electron chi connectivity index (χ2n) is 8.32. The van der Waals surface area contributed by atoms with E-state index in [9.17, 15) is 19.5 Å². The minimum absolute atomic E-state index is 0.00349. The Bertz CT molecular complexity index is 1640. The number of benzene rings is 1. The van der Waals surface area contributed by atoms with Gasteiger partial charge in [-0.3, -0.25) is 13.8 Å². The number of phosphoric ester groups is 1. The first-order valence-corrected chi connectivity index (χ1v) is 13.3. The third-order valence-electron chi connectivity index (χ3n) is 5.75. The summed E-state index contributed by atoms with van der Waals surface area (Å²) in [6.45, 7) is 6.68. The number of fused-ring (bicyclic) bond motifs is 1. The van der Waals surface area contributed by atoms with Crippen molar-refractivity contribution in [1.82, 2.24) is 14.5 Å². The van der Waals surface area contributed by atoms with Crippen molar-refractivity contribution in [1.29, 1.82) is 5.26 Å². The maximum atomic E-state index is 12.3. The minimum Gasteiger partial charge on any atom is -0.497 e. The molecular weight excluding hydrogens is 521 g/mol. The lowest BCUT2D eigenvalue weighted by molar-refractivity contribution is -0.111. The largest absolute Gasteiger partial charge is 0.497 e. The summed E-state index contributed by atoms with van der Waals surface area (Å²) >= 11 is 0. The Morgan fingerprint density at radius 2 is 2.05 bits per heavy atom. The van der Waals surface area contributed by atoms with Gasteiger partial charge in [-0.1, -0.05) is 6.58 Å². The van der Waals surface area contributed by atoms with Gasteiger partial charge >= 0.3 is 7.82 Å². The summed E-state index contributed by atoms with van der Waals surface area (Å²) in [6.07, 6.45) is 5.15. The molecule has 0 bridgehead atoms. The highest BCUT2D eigenvalue weighted by atomic mass is 31.2. The Balaban J connectivity index is 1.89. The second kappa shape index (κ2) is 11.6. The molecule has 0 aliphatic rings. The molecule has 0 aliphatic carbocycles. The Hall–Kier alpha value is -4.33. The van der Waals surface area contributed by atoms with Crippen LogP contribution in [0.3, 0.4) is 0 Å². The highest BCUT2D eigenvalue weighted by molar-refractivity contribution is 7.47. The number of pyridine rings is 2. The summed E-state index contributed by atoms with van der Waals surface area (Å²) in [7, 11) is -2.79. The Morgan fingerprint density at radius 1 is 1.26 bits per heavy atom. The molecule has 4 rings (SSSR count). The summed E-state index contributed by atoms with van der Waals surface area (Å²) in [4.78, 5) is 30.6. The fourth-order valence-corrected chi connectivity index (χ4v) is 4.92. The molecule has 0 fully saturated rings. The zero-order valence-corrected chi connectivity index (χ0v) is 22.4. The van der Waals surface area contributed by atoms with Crippen LogP contribution in [0.1, 0.15) is 25.8 Å². The van der Waals surface area contributed by atoms with Crippen LogP contribution in [0.25, 0.3) is 33.3 Å². The van der Waals surface area contributed by atoms with Crippen LogP contribution in [0.5, 0.6) is 5.75 Å². The first-order chi connectivity index (χ1) is 18.7. The Kier molecular flexibility index (Phi) is 8.24. The van der Waals surface area contributed by atoms with E-state index in [-0.39, 0.29) is 18.2 Å². The van der Waals surface area contributed by atoms with Gasteiger partial charge < -0.3 is 19.5 Å². The molecule has 11 nitrogen and oxygen atoms in total. The summed E-state index contributed by atoms with van der Waals surface area (Å²) in [5, 5.41) is 12.8. The van der Waals surface area contributed by atoms with Crippen molar-refractivity contribution in [3.63, 3.8) is 0 Å². The number of aromatic nitrogens is 3. The number of nitriles is 1. The molecule has 0 radical (unpaired) electrons. The number of nitrogens with one attached hydrogen (secondary N) is 1. The fourth-order valence-electron chi connectivity index (χ4n) is 4.04. The molecule has 2 N–H and O–H groups in total. The van der Waals surface area contributed by atoms with Crippen molar-refractivity contribution in [2.75, 3.05) is 19.0 Å². The molecule has 0 spiro atoms. The van der Waals surface area contributed by atoms with Gasteiger partial charge in [0.05, 0.1) is 13.7 Å². The van der Waals surface area contributed by atoms with E-state index in [1.165, 1.54) is 19.4 Å². The molecular formula is C27H26N5O6P. The van der Waals surface area contributed by atoms with Gasteiger partial charge in [0, 0.05) is 46.9 Å². The highest BCUT2D eigenvalue weighted by Crippen LogP contribution is 2.47. The summed E-state index contributed by atoms with van der Waals surface area (Å²) in [5.41, 5.74) is 4.02. The van der Waals surface area contributed by atoms with Crippen LogP contribution in [-0.2, 0) is 18.4 Å². The van der Waals surface area contributed by atoms with E-state index >= 15 is 0 Å². The molecule has 12 heteroatoms. The average Bonchev–Trinajstić information content (AvgIpc) is 3.31. The number of amides is 1. The van der Waals surface area contributed by atoms with Crippen LogP contribution in [0.4, 0.5) is 5.69 Å². The van der Waals surface area contributed by atoms with Crippen LogP contribution in [0, 0.1) is 11.3 Å². The molecule has 4 aromatic rings. The number of anilines is 1. The third kappa shape index (κ3) is 6.22. The summed E-state index contributed by atoms with van der Waals surface area (Å²) in [6, 6.07) is 12.6. The number of hydrogen-bond donors (Lipinski definition) is 2. The van der Waals surface area contributed by atoms with Crippen LogP contribution in [0.15, 0.2) is 67.6 Å². The van der Waals surface area contributed by atoms with E-state index in [1.54, 1.807) is 61.1 Å². The van der Waals surface area contributed by atoms with E-state index in [0.29, 0.717) is 39.2 Å². The van der Waals surface area contributed by atoms with Crippen molar-refractivity contribution >= 4 is 30.5 Å². The van der Waals surface area contributed by atoms with Crippen LogP contribution >= 0.6 is 7.82 Å². The van der Waals surface area contributed by atoms with E-state index in [1.807, 2.05) is 12.1 Å². The lowest BCUT2D eigenvalue weighted by atomic mass is 10.0. The quantitative estimate of drug-likeness (QED) is 0.195. The molecule has 0 saturated carbocycles. The van der Waals surface area contributed by atoms with Gasteiger partial charge in [-0.05, 0) is 61.4 Å². The smallest absolute Gasteiger partial charge is 0.474 e. The molecule has 200 valence electrons. The van der Waals surface area contributed by atoms with Crippen LogP contribution in [-0.4, -0.2) is 39.1 Å². The molecule has 0 saturated heterocycles. The van der Waals surface area contributed by atoms with Crippen molar-refractivity contribution < 1.29 is 28.0 Å². The van der Waals surface area contributed by atoms with Crippen molar-refractivity contribution in [3.8, 4) is 34.1 Å². The predicted molar refractivity (Wildman–Crippen MR) is 146 cm³/mol. The van der Waals surface area contributed by atoms with E-state index in [4.69, 9.17) is 13.8 Å². The maximum Gasteiger partial charge on any atom is 0.474 e. The molecule has 3 aromatic heterocycles. The Morgan fingerprint density at radius 3 is 2.74 bits per heavy atom. The van der Waals surface area contributed by atoms with Gasteiger partial charge in [0.1, 0.15) is 29.4 Å². The second-order valence-corrected chi connectivity index (χ2v) is 9.73. The first-order valence-electron chi connectivity index (χ1n) is 11.8. The van der Waals surface area contributed by atoms with Crippen molar-refractivity contribution in [2.24, 2.45) is 0 Å². The first kappa shape index (κ1) is 27.7. The predicted octanol–water partition coefficient (Wildman–Crippen LogP) is 5.44. The number of ether oxygens (including phenoxy) is 1. The number of hydrogen-bond acceptors (Lipinski definition) is 8. The van der Waals surface area contributed by atoms with Gasteiger partial charge in [-0.25, -0.2) is 14.5 Å². The molecule has 3 heterocycles. The number of carbonyl (C=O) groups is 1. The maximum absolute atomic E-state index is 12.3. The lowest BCUT2D eigenvalue weighted by Crippen LogP contribution is -2.09. The zero-order chi connectivity index (χ0) is 28.2.